The van der Waals surface area contributed by atoms with Gasteiger partial charge in [0.05, 0.1) is 18.6 Å². The molecule has 0 saturated heterocycles. The Hall–Kier alpha value is -2.80. The molecule has 1 heterocycles. The maximum atomic E-state index is 12.9. The third kappa shape index (κ3) is 3.23. The molecular weight excluding hydrogens is 340 g/mol. The minimum atomic E-state index is -3.73. The fourth-order valence-electron chi connectivity index (χ4n) is 2.48. The Balaban J connectivity index is 2.10. The number of nitrogens with zero attached hydrogens (tertiary/aromatic N) is 2. The lowest BCUT2D eigenvalue weighted by Crippen LogP contribution is -2.13. The smallest absolute Gasteiger partial charge is 0.269 e. The summed E-state index contributed by atoms with van der Waals surface area (Å²) in [4.78, 5) is 4.42. The second-order valence-corrected chi connectivity index (χ2v) is 6.98. The van der Waals surface area contributed by atoms with Crippen molar-refractivity contribution in [2.45, 2.75) is 11.8 Å². The molecular formula is C18H18N2O4S. The van der Waals surface area contributed by atoms with Gasteiger partial charge in [0.15, 0.2) is 17.3 Å². The lowest BCUT2D eigenvalue weighted by atomic mass is 10.2. The molecule has 7 heteroatoms. The first-order valence-electron chi connectivity index (χ1n) is 7.73. The van der Waals surface area contributed by atoms with Gasteiger partial charge < -0.3 is 9.47 Å². The zero-order valence-electron chi connectivity index (χ0n) is 13.9. The summed E-state index contributed by atoms with van der Waals surface area (Å²) < 4.78 is 37.8. The molecule has 0 unspecified atom stereocenters. The Morgan fingerprint density at radius 1 is 1.08 bits per heavy atom. The molecule has 1 aromatic heterocycles. The van der Waals surface area contributed by atoms with E-state index in [-0.39, 0.29) is 4.90 Å². The summed E-state index contributed by atoms with van der Waals surface area (Å²) in [6.45, 7) is 2.34. The van der Waals surface area contributed by atoms with E-state index in [2.05, 4.69) is 4.98 Å². The molecule has 0 aliphatic heterocycles. The van der Waals surface area contributed by atoms with Gasteiger partial charge in [0, 0.05) is 18.0 Å². The van der Waals surface area contributed by atoms with Crippen molar-refractivity contribution in [2.75, 3.05) is 13.7 Å². The number of ether oxygens (including phenoxy) is 2. The monoisotopic (exact) mass is 358 g/mol. The topological polar surface area (TPSA) is 70.4 Å². The molecule has 130 valence electrons. The van der Waals surface area contributed by atoms with E-state index in [1.165, 1.54) is 16.4 Å². The van der Waals surface area contributed by atoms with Crippen LogP contribution in [0.2, 0.25) is 0 Å². The van der Waals surface area contributed by atoms with Gasteiger partial charge in [0.25, 0.3) is 10.0 Å². The number of hydrogen-bond acceptors (Lipinski definition) is 5. The van der Waals surface area contributed by atoms with Crippen LogP contribution in [-0.4, -0.2) is 31.1 Å². The highest BCUT2D eigenvalue weighted by Gasteiger charge is 2.21. The van der Waals surface area contributed by atoms with Gasteiger partial charge in [-0.1, -0.05) is 18.2 Å². The Morgan fingerprint density at radius 3 is 2.52 bits per heavy atom. The van der Waals surface area contributed by atoms with Crippen molar-refractivity contribution in [2.24, 2.45) is 0 Å². The second kappa shape index (κ2) is 6.98. The summed E-state index contributed by atoms with van der Waals surface area (Å²) in [6.07, 6.45) is 2.89. The van der Waals surface area contributed by atoms with Crippen molar-refractivity contribution in [1.29, 1.82) is 0 Å². The summed E-state index contributed by atoms with van der Waals surface area (Å²) in [5.74, 6) is 1.43. The van der Waals surface area contributed by atoms with Crippen molar-refractivity contribution in [3.05, 3.63) is 60.9 Å². The zero-order valence-corrected chi connectivity index (χ0v) is 14.7. The standard InChI is InChI=1S/C18H18N2O4S/c1-3-24-17-13-14(9-10-16(17)23-2)18-19-11-12-20(18)25(21,22)15-7-5-4-6-8-15/h4-13H,3H2,1-2H3. The van der Waals surface area contributed by atoms with Gasteiger partial charge in [-0.2, -0.15) is 0 Å². The molecule has 3 rings (SSSR count). The summed E-state index contributed by atoms with van der Waals surface area (Å²) in [5, 5.41) is 0. The Kier molecular flexibility index (Phi) is 4.76. The van der Waals surface area contributed by atoms with Crippen molar-refractivity contribution in [3.63, 3.8) is 0 Å². The molecule has 0 N–H and O–H groups in total. The van der Waals surface area contributed by atoms with Gasteiger partial charge in [-0.3, -0.25) is 0 Å². The molecule has 6 nitrogen and oxygen atoms in total. The molecule has 0 radical (unpaired) electrons. The van der Waals surface area contributed by atoms with E-state index in [0.717, 1.165) is 0 Å². The van der Waals surface area contributed by atoms with Gasteiger partial charge in [-0.15, -0.1) is 0 Å². The van der Waals surface area contributed by atoms with Crippen LogP contribution in [0.25, 0.3) is 11.4 Å². The van der Waals surface area contributed by atoms with Gasteiger partial charge >= 0.3 is 0 Å². The summed E-state index contributed by atoms with van der Waals surface area (Å²) in [7, 11) is -2.18. The summed E-state index contributed by atoms with van der Waals surface area (Å²) >= 11 is 0. The normalized spacial score (nSPS) is 11.3. The summed E-state index contributed by atoms with van der Waals surface area (Å²) in [6, 6.07) is 13.5. The quantitative estimate of drug-likeness (QED) is 0.677. The van der Waals surface area contributed by atoms with E-state index in [4.69, 9.17) is 9.47 Å². The molecule has 0 saturated carbocycles. The van der Waals surface area contributed by atoms with Crippen molar-refractivity contribution < 1.29 is 17.9 Å². The lowest BCUT2D eigenvalue weighted by Gasteiger charge is -2.12. The minimum absolute atomic E-state index is 0.202. The SMILES string of the molecule is CCOc1cc(-c2nccn2S(=O)(=O)c2ccccc2)ccc1OC. The zero-order chi connectivity index (χ0) is 17.9. The molecule has 25 heavy (non-hydrogen) atoms. The van der Waals surface area contributed by atoms with Crippen LogP contribution in [0.15, 0.2) is 65.8 Å². The van der Waals surface area contributed by atoms with Crippen molar-refractivity contribution in [3.8, 4) is 22.9 Å². The van der Waals surface area contributed by atoms with E-state index in [0.29, 0.717) is 29.5 Å². The summed E-state index contributed by atoms with van der Waals surface area (Å²) in [5.41, 5.74) is 0.619. The molecule has 0 amide bonds. The van der Waals surface area contributed by atoms with Crippen LogP contribution in [0.3, 0.4) is 0 Å². The van der Waals surface area contributed by atoms with Gasteiger partial charge in [-0.05, 0) is 37.3 Å². The van der Waals surface area contributed by atoms with Gasteiger partial charge in [0.2, 0.25) is 0 Å². The highest BCUT2D eigenvalue weighted by Crippen LogP contribution is 2.33. The third-order valence-electron chi connectivity index (χ3n) is 3.63. The number of imidazole rings is 1. The Bertz CT molecular complexity index is 966. The van der Waals surface area contributed by atoms with Crippen LogP contribution in [0.5, 0.6) is 11.5 Å². The maximum absolute atomic E-state index is 12.9. The number of rotatable bonds is 6. The van der Waals surface area contributed by atoms with Gasteiger partial charge in [-0.25, -0.2) is 17.4 Å². The number of aromatic nitrogens is 2. The molecule has 0 aliphatic carbocycles. The fraction of sp³-hybridized carbons (Fsp3) is 0.167. The Morgan fingerprint density at radius 2 is 1.84 bits per heavy atom. The fourth-order valence-corrected chi connectivity index (χ4v) is 3.80. The average molecular weight is 358 g/mol. The van der Waals surface area contributed by atoms with E-state index in [9.17, 15) is 8.42 Å². The number of hydrogen-bond donors (Lipinski definition) is 0. The van der Waals surface area contributed by atoms with Crippen LogP contribution in [0.4, 0.5) is 0 Å². The molecule has 2 aromatic carbocycles. The lowest BCUT2D eigenvalue weighted by molar-refractivity contribution is 0.311. The predicted octanol–water partition coefficient (Wildman–Crippen LogP) is 3.19. The van der Waals surface area contributed by atoms with E-state index in [1.807, 2.05) is 6.92 Å². The first kappa shape index (κ1) is 17.0. The van der Waals surface area contributed by atoms with Crippen molar-refractivity contribution >= 4 is 10.0 Å². The second-order valence-electron chi connectivity index (χ2n) is 5.16. The molecule has 0 fully saturated rings. The van der Waals surface area contributed by atoms with Gasteiger partial charge in [0.1, 0.15) is 0 Å². The highest BCUT2D eigenvalue weighted by molar-refractivity contribution is 7.90. The van der Waals surface area contributed by atoms with Crippen LogP contribution in [0.1, 0.15) is 6.92 Å². The molecule has 3 aromatic rings. The number of methoxy groups -OCH3 is 1. The van der Waals surface area contributed by atoms with Crippen LogP contribution >= 0.6 is 0 Å². The molecule has 0 spiro atoms. The van der Waals surface area contributed by atoms with E-state index in [1.54, 1.807) is 55.6 Å². The average Bonchev–Trinajstić information content (AvgIpc) is 3.13. The first-order chi connectivity index (χ1) is 12.1. The van der Waals surface area contributed by atoms with Crippen LogP contribution in [-0.2, 0) is 10.0 Å². The largest absolute Gasteiger partial charge is 0.493 e. The van der Waals surface area contributed by atoms with Crippen LogP contribution < -0.4 is 9.47 Å². The molecule has 0 bridgehead atoms. The third-order valence-corrected chi connectivity index (χ3v) is 5.31. The molecule has 0 atom stereocenters. The maximum Gasteiger partial charge on any atom is 0.269 e. The van der Waals surface area contributed by atoms with Crippen molar-refractivity contribution in [1.82, 2.24) is 8.96 Å². The Labute approximate surface area is 146 Å². The molecule has 0 aliphatic rings. The minimum Gasteiger partial charge on any atom is -0.493 e. The predicted molar refractivity (Wildman–Crippen MR) is 94.4 cm³/mol. The van der Waals surface area contributed by atoms with E-state index >= 15 is 0 Å². The first-order valence-corrected chi connectivity index (χ1v) is 9.17. The number of benzene rings is 2. The van der Waals surface area contributed by atoms with E-state index < -0.39 is 10.0 Å². The highest BCUT2D eigenvalue weighted by atomic mass is 32.2. The van der Waals surface area contributed by atoms with Crippen LogP contribution in [0, 0.1) is 0 Å².